The van der Waals surface area contributed by atoms with E-state index in [1.165, 1.54) is 11.1 Å². The van der Waals surface area contributed by atoms with E-state index < -0.39 is 6.04 Å². The van der Waals surface area contributed by atoms with Gasteiger partial charge >= 0.3 is 6.03 Å². The molecule has 0 aromatic heterocycles. The first kappa shape index (κ1) is 16.3. The Morgan fingerprint density at radius 1 is 1.45 bits per heavy atom. The van der Waals surface area contributed by atoms with Gasteiger partial charge in [0, 0.05) is 13.1 Å². The maximum atomic E-state index is 12.0. The summed E-state index contributed by atoms with van der Waals surface area (Å²) in [7, 11) is 0. The van der Waals surface area contributed by atoms with Gasteiger partial charge in [-0.3, -0.25) is 4.79 Å². The molecule has 3 atom stereocenters. The highest BCUT2D eigenvalue weighted by atomic mass is 16.2. The normalized spacial score (nSPS) is 22.6. The van der Waals surface area contributed by atoms with Crippen molar-refractivity contribution in [3.05, 3.63) is 35.4 Å². The number of hydrogen-bond donors (Lipinski definition) is 3. The number of nitrogens with one attached hydrogen (secondary N) is 3. The lowest BCUT2D eigenvalue weighted by Gasteiger charge is -2.29. The predicted molar refractivity (Wildman–Crippen MR) is 86.7 cm³/mol. The molecule has 0 unspecified atom stereocenters. The molecule has 0 bridgehead atoms. The van der Waals surface area contributed by atoms with Crippen molar-refractivity contribution >= 4 is 11.9 Å². The molecule has 3 N–H and O–H groups in total. The highest BCUT2D eigenvalue weighted by molar-refractivity contribution is 5.87. The first-order valence-electron chi connectivity index (χ1n) is 7.86. The Bertz CT molecular complexity index is 544. The Morgan fingerprint density at radius 2 is 2.23 bits per heavy atom. The number of carbonyl (C=O) groups is 2. The maximum Gasteiger partial charge on any atom is 0.315 e. The van der Waals surface area contributed by atoms with Crippen LogP contribution in [0.15, 0.2) is 24.3 Å². The molecule has 0 spiro atoms. The number of piperidine rings is 1. The molecular weight excluding hydrogens is 278 g/mol. The fourth-order valence-corrected chi connectivity index (χ4v) is 2.70. The monoisotopic (exact) mass is 303 g/mol. The van der Waals surface area contributed by atoms with E-state index in [-0.39, 0.29) is 23.8 Å². The quantitative estimate of drug-likeness (QED) is 0.795. The second kappa shape index (κ2) is 7.29. The van der Waals surface area contributed by atoms with Crippen molar-refractivity contribution in [2.45, 2.75) is 39.2 Å². The van der Waals surface area contributed by atoms with E-state index in [4.69, 9.17) is 0 Å². The topological polar surface area (TPSA) is 70.2 Å². The van der Waals surface area contributed by atoms with Gasteiger partial charge in [-0.1, -0.05) is 43.7 Å². The van der Waals surface area contributed by atoms with E-state index in [1.54, 1.807) is 0 Å². The minimum absolute atomic E-state index is 0.0966. The third-order valence-electron chi connectivity index (χ3n) is 4.22. The molecule has 0 saturated carbocycles. The molecule has 0 radical (unpaired) electrons. The van der Waals surface area contributed by atoms with Crippen LogP contribution in [-0.4, -0.2) is 31.1 Å². The van der Waals surface area contributed by atoms with Crippen LogP contribution in [0.25, 0.3) is 0 Å². The first-order chi connectivity index (χ1) is 10.5. The summed E-state index contributed by atoms with van der Waals surface area (Å²) in [5.74, 6) is 0.289. The van der Waals surface area contributed by atoms with Gasteiger partial charge in [-0.15, -0.1) is 0 Å². The molecular formula is C17H25N3O2. The van der Waals surface area contributed by atoms with Crippen LogP contribution in [0.5, 0.6) is 0 Å². The number of benzene rings is 1. The van der Waals surface area contributed by atoms with E-state index in [0.29, 0.717) is 13.1 Å². The van der Waals surface area contributed by atoms with Gasteiger partial charge in [-0.05, 0) is 30.7 Å². The average molecular weight is 303 g/mol. The zero-order valence-electron chi connectivity index (χ0n) is 13.5. The van der Waals surface area contributed by atoms with E-state index >= 15 is 0 Å². The Hall–Kier alpha value is -2.04. The van der Waals surface area contributed by atoms with Gasteiger partial charge in [-0.2, -0.15) is 0 Å². The molecule has 1 aliphatic rings. The largest absolute Gasteiger partial charge is 0.354 e. The summed E-state index contributed by atoms with van der Waals surface area (Å²) in [5.41, 5.74) is 2.41. The predicted octanol–water partition coefficient (Wildman–Crippen LogP) is 1.92. The highest BCUT2D eigenvalue weighted by Gasteiger charge is 2.29. The second-order valence-electron chi connectivity index (χ2n) is 6.20. The molecule has 5 heteroatoms. The minimum atomic E-state index is -0.442. The van der Waals surface area contributed by atoms with Crippen LogP contribution in [0, 0.1) is 12.8 Å². The summed E-state index contributed by atoms with van der Waals surface area (Å²) in [6, 6.07) is 7.54. The van der Waals surface area contributed by atoms with E-state index in [0.717, 1.165) is 6.42 Å². The van der Waals surface area contributed by atoms with Crippen molar-refractivity contribution in [2.75, 3.05) is 13.1 Å². The molecule has 2 rings (SSSR count). The van der Waals surface area contributed by atoms with Crippen LogP contribution in [0.4, 0.5) is 4.79 Å². The highest BCUT2D eigenvalue weighted by Crippen LogP contribution is 2.15. The first-order valence-corrected chi connectivity index (χ1v) is 7.86. The second-order valence-corrected chi connectivity index (χ2v) is 6.20. The van der Waals surface area contributed by atoms with Gasteiger partial charge in [0.25, 0.3) is 0 Å². The van der Waals surface area contributed by atoms with Gasteiger partial charge in [0.15, 0.2) is 0 Å². The van der Waals surface area contributed by atoms with Crippen LogP contribution in [0.3, 0.4) is 0 Å². The zero-order chi connectivity index (χ0) is 16.1. The standard InChI is InChI=1S/C17H25N3O2/c1-11-5-4-6-14(9-11)13(3)10-19-17(22)20-15-12(2)7-8-18-16(15)21/h4-6,9,12-13,15H,7-8,10H2,1-3H3,(H,18,21)(H2,19,20,22)/t12-,13+,15-/m0/s1. The van der Waals surface area contributed by atoms with Gasteiger partial charge in [-0.25, -0.2) is 4.79 Å². The van der Waals surface area contributed by atoms with E-state index in [9.17, 15) is 9.59 Å². The number of amides is 3. The fourth-order valence-electron chi connectivity index (χ4n) is 2.70. The maximum absolute atomic E-state index is 12.0. The summed E-state index contributed by atoms with van der Waals surface area (Å²) < 4.78 is 0. The molecule has 22 heavy (non-hydrogen) atoms. The molecule has 1 aromatic carbocycles. The van der Waals surface area contributed by atoms with Crippen molar-refractivity contribution in [3.63, 3.8) is 0 Å². The lowest BCUT2D eigenvalue weighted by atomic mass is 9.94. The third kappa shape index (κ3) is 4.23. The van der Waals surface area contributed by atoms with Crippen molar-refractivity contribution < 1.29 is 9.59 Å². The lowest BCUT2D eigenvalue weighted by molar-refractivity contribution is -0.125. The molecule has 1 aliphatic heterocycles. The number of aryl methyl sites for hydroxylation is 1. The van der Waals surface area contributed by atoms with Crippen molar-refractivity contribution in [3.8, 4) is 0 Å². The van der Waals surface area contributed by atoms with Crippen LogP contribution < -0.4 is 16.0 Å². The molecule has 1 heterocycles. The summed E-state index contributed by atoms with van der Waals surface area (Å²) in [6.45, 7) is 7.34. The third-order valence-corrected chi connectivity index (χ3v) is 4.22. The Balaban J connectivity index is 1.83. The van der Waals surface area contributed by atoms with Crippen LogP contribution in [0.1, 0.15) is 37.3 Å². The van der Waals surface area contributed by atoms with Crippen molar-refractivity contribution in [2.24, 2.45) is 5.92 Å². The van der Waals surface area contributed by atoms with Crippen LogP contribution >= 0.6 is 0 Å². The van der Waals surface area contributed by atoms with Gasteiger partial charge in [0.1, 0.15) is 6.04 Å². The molecule has 1 fully saturated rings. The van der Waals surface area contributed by atoms with Gasteiger partial charge in [0.05, 0.1) is 0 Å². The number of carbonyl (C=O) groups excluding carboxylic acids is 2. The summed E-state index contributed by atoms with van der Waals surface area (Å²) in [4.78, 5) is 23.8. The fraction of sp³-hybridized carbons (Fsp3) is 0.529. The summed E-state index contributed by atoms with van der Waals surface area (Å²) in [5, 5.41) is 8.42. The van der Waals surface area contributed by atoms with E-state index in [2.05, 4.69) is 48.0 Å². The van der Waals surface area contributed by atoms with Crippen molar-refractivity contribution in [1.29, 1.82) is 0 Å². The number of hydrogen-bond acceptors (Lipinski definition) is 2. The SMILES string of the molecule is Cc1cccc([C@H](C)CNC(=O)N[C@@H]2C(=O)NCC[C@@H]2C)c1. The molecule has 5 nitrogen and oxygen atoms in total. The summed E-state index contributed by atoms with van der Waals surface area (Å²) >= 11 is 0. The number of rotatable bonds is 4. The summed E-state index contributed by atoms with van der Waals surface area (Å²) in [6.07, 6.45) is 0.885. The Kier molecular flexibility index (Phi) is 5.41. The Morgan fingerprint density at radius 3 is 2.91 bits per heavy atom. The van der Waals surface area contributed by atoms with Gasteiger partial charge in [0.2, 0.25) is 5.91 Å². The molecule has 0 aliphatic carbocycles. The van der Waals surface area contributed by atoms with Crippen molar-refractivity contribution in [1.82, 2.24) is 16.0 Å². The Labute approximate surface area is 131 Å². The average Bonchev–Trinajstić information content (AvgIpc) is 2.48. The van der Waals surface area contributed by atoms with Crippen LogP contribution in [-0.2, 0) is 4.79 Å². The van der Waals surface area contributed by atoms with E-state index in [1.807, 2.05) is 13.0 Å². The zero-order valence-corrected chi connectivity index (χ0v) is 13.5. The minimum Gasteiger partial charge on any atom is -0.354 e. The number of urea groups is 1. The smallest absolute Gasteiger partial charge is 0.315 e. The van der Waals surface area contributed by atoms with Crippen LogP contribution in [0.2, 0.25) is 0 Å². The molecule has 1 saturated heterocycles. The lowest BCUT2D eigenvalue weighted by Crippen LogP contribution is -2.56. The molecule has 1 aromatic rings. The molecule has 3 amide bonds. The molecule has 120 valence electrons. The van der Waals surface area contributed by atoms with Gasteiger partial charge < -0.3 is 16.0 Å².